The Labute approximate surface area is 130 Å². The number of furan rings is 2. The molecule has 0 aliphatic heterocycles. The van der Waals surface area contributed by atoms with E-state index in [-0.39, 0.29) is 5.92 Å². The van der Waals surface area contributed by atoms with Gasteiger partial charge >= 0.3 is 0 Å². The Morgan fingerprint density at radius 3 is 2.50 bits per heavy atom. The molecule has 0 fully saturated rings. The van der Waals surface area contributed by atoms with Gasteiger partial charge in [-0.05, 0) is 30.3 Å². The maximum absolute atomic E-state index is 5.54. The molecule has 4 aromatic heterocycles. The predicted octanol–water partition coefficient (Wildman–Crippen LogP) is 4.12. The summed E-state index contributed by atoms with van der Waals surface area (Å²) in [6, 6.07) is 9.65. The highest BCUT2D eigenvalue weighted by molar-refractivity contribution is 7.22. The third kappa shape index (κ3) is 2.48. The van der Waals surface area contributed by atoms with Gasteiger partial charge in [-0.3, -0.25) is 4.98 Å². The van der Waals surface area contributed by atoms with Crippen molar-refractivity contribution in [2.45, 2.75) is 5.92 Å². The summed E-state index contributed by atoms with van der Waals surface area (Å²) in [7, 11) is 0. The number of pyridine rings is 1. The van der Waals surface area contributed by atoms with Crippen molar-refractivity contribution in [3.63, 3.8) is 0 Å². The molecule has 1 N–H and O–H groups in total. The smallest absolute Gasteiger partial charge is 0.183 e. The lowest BCUT2D eigenvalue weighted by atomic mass is 10.0. The predicted molar refractivity (Wildman–Crippen MR) is 85.2 cm³/mol. The Kier molecular flexibility index (Phi) is 3.36. The van der Waals surface area contributed by atoms with E-state index >= 15 is 0 Å². The van der Waals surface area contributed by atoms with Crippen LogP contribution in [-0.4, -0.2) is 16.5 Å². The summed E-state index contributed by atoms with van der Waals surface area (Å²) in [5.41, 5.74) is 0.905. The highest BCUT2D eigenvalue weighted by Crippen LogP contribution is 2.29. The van der Waals surface area contributed by atoms with Gasteiger partial charge in [-0.2, -0.15) is 0 Å². The topological polar surface area (TPSA) is 64.1 Å². The molecule has 4 rings (SSSR count). The second kappa shape index (κ2) is 5.65. The summed E-state index contributed by atoms with van der Waals surface area (Å²) in [6.45, 7) is 0.647. The lowest BCUT2D eigenvalue weighted by Gasteiger charge is -2.12. The summed E-state index contributed by atoms with van der Waals surface area (Å²) in [6.07, 6.45) is 6.90. The quantitative estimate of drug-likeness (QED) is 0.600. The standard InChI is InChI=1S/C16H13N3O2S/c1-3-13(20-7-1)11(14-4-2-8-21-14)9-18-16-19-12-10-17-6-5-15(12)22-16/h1-8,10-11H,9H2,(H,18,19). The normalized spacial score (nSPS) is 11.3. The molecule has 0 aromatic carbocycles. The number of anilines is 1. The number of hydrogen-bond acceptors (Lipinski definition) is 6. The van der Waals surface area contributed by atoms with Crippen LogP contribution in [0.2, 0.25) is 0 Å². The van der Waals surface area contributed by atoms with Crippen molar-refractivity contribution in [3.8, 4) is 0 Å². The van der Waals surface area contributed by atoms with E-state index in [9.17, 15) is 0 Å². The number of aromatic nitrogens is 2. The third-order valence-corrected chi connectivity index (χ3v) is 4.41. The number of fused-ring (bicyclic) bond motifs is 1. The van der Waals surface area contributed by atoms with Gasteiger partial charge in [0, 0.05) is 12.7 Å². The molecule has 0 saturated heterocycles. The maximum atomic E-state index is 5.54. The minimum absolute atomic E-state index is 0.00939. The van der Waals surface area contributed by atoms with E-state index in [0.717, 1.165) is 26.9 Å². The average molecular weight is 311 g/mol. The minimum atomic E-state index is 0.00939. The molecule has 0 atom stereocenters. The Balaban J connectivity index is 1.57. The van der Waals surface area contributed by atoms with Gasteiger partial charge in [0.05, 0.1) is 29.3 Å². The molecule has 110 valence electrons. The molecular weight excluding hydrogens is 298 g/mol. The van der Waals surface area contributed by atoms with E-state index in [0.29, 0.717) is 6.54 Å². The molecule has 0 amide bonds. The van der Waals surface area contributed by atoms with Crippen LogP contribution in [0.1, 0.15) is 17.4 Å². The lowest BCUT2D eigenvalue weighted by Crippen LogP contribution is -2.12. The maximum Gasteiger partial charge on any atom is 0.183 e. The van der Waals surface area contributed by atoms with Gasteiger partial charge in [-0.15, -0.1) is 0 Å². The van der Waals surface area contributed by atoms with E-state index in [4.69, 9.17) is 8.83 Å². The van der Waals surface area contributed by atoms with Gasteiger partial charge < -0.3 is 14.2 Å². The van der Waals surface area contributed by atoms with Gasteiger partial charge in [0.2, 0.25) is 0 Å². The third-order valence-electron chi connectivity index (χ3n) is 3.42. The lowest BCUT2D eigenvalue weighted by molar-refractivity contribution is 0.433. The largest absolute Gasteiger partial charge is 0.469 e. The SMILES string of the molecule is c1coc(C(CNc2nc3cnccc3s2)c2ccco2)c1. The molecule has 0 aliphatic carbocycles. The van der Waals surface area contributed by atoms with Crippen LogP contribution >= 0.6 is 11.3 Å². The molecule has 6 heteroatoms. The second-order valence-corrected chi connectivity index (χ2v) is 5.86. The number of nitrogens with one attached hydrogen (secondary N) is 1. The van der Waals surface area contributed by atoms with Crippen molar-refractivity contribution >= 4 is 26.7 Å². The highest BCUT2D eigenvalue weighted by atomic mass is 32.1. The summed E-state index contributed by atoms with van der Waals surface area (Å²) >= 11 is 1.61. The molecule has 0 unspecified atom stereocenters. The Morgan fingerprint density at radius 2 is 1.86 bits per heavy atom. The molecular formula is C16H13N3O2S. The Bertz CT molecular complexity index is 785. The summed E-state index contributed by atoms with van der Waals surface area (Å²) in [4.78, 5) is 8.62. The van der Waals surface area contributed by atoms with E-state index in [1.165, 1.54) is 0 Å². The first-order valence-electron chi connectivity index (χ1n) is 6.91. The number of rotatable bonds is 5. The van der Waals surface area contributed by atoms with Crippen LogP contribution in [0.5, 0.6) is 0 Å². The Hall–Kier alpha value is -2.60. The first-order chi connectivity index (χ1) is 10.9. The molecule has 0 bridgehead atoms. The molecule has 4 heterocycles. The van der Waals surface area contributed by atoms with Crippen LogP contribution in [0, 0.1) is 0 Å². The molecule has 0 aliphatic rings. The summed E-state index contributed by atoms with van der Waals surface area (Å²) in [5.74, 6) is 1.74. The Morgan fingerprint density at radius 1 is 1.09 bits per heavy atom. The van der Waals surface area contributed by atoms with E-state index in [1.54, 1.807) is 36.3 Å². The molecule has 22 heavy (non-hydrogen) atoms. The first-order valence-corrected chi connectivity index (χ1v) is 7.73. The minimum Gasteiger partial charge on any atom is -0.469 e. The number of thiazole rings is 1. The highest BCUT2D eigenvalue weighted by Gasteiger charge is 2.20. The summed E-state index contributed by atoms with van der Waals surface area (Å²) in [5, 5.41) is 4.24. The monoisotopic (exact) mass is 311 g/mol. The second-order valence-electron chi connectivity index (χ2n) is 4.83. The first kappa shape index (κ1) is 13.1. The molecule has 0 spiro atoms. The van der Waals surface area contributed by atoms with Crippen LogP contribution in [-0.2, 0) is 0 Å². The zero-order valence-corrected chi connectivity index (χ0v) is 12.4. The van der Waals surface area contributed by atoms with Crippen molar-refractivity contribution in [2.24, 2.45) is 0 Å². The fraction of sp³-hybridized carbons (Fsp3) is 0.125. The van der Waals surface area contributed by atoms with Crippen molar-refractivity contribution in [2.75, 3.05) is 11.9 Å². The van der Waals surface area contributed by atoms with Gasteiger partial charge in [-0.1, -0.05) is 11.3 Å². The van der Waals surface area contributed by atoms with Crippen molar-refractivity contribution in [1.82, 2.24) is 9.97 Å². The molecule has 5 nitrogen and oxygen atoms in total. The fourth-order valence-corrected chi connectivity index (χ4v) is 3.21. The zero-order chi connectivity index (χ0) is 14.8. The van der Waals surface area contributed by atoms with Crippen LogP contribution in [0.25, 0.3) is 10.2 Å². The van der Waals surface area contributed by atoms with Crippen molar-refractivity contribution in [3.05, 3.63) is 66.8 Å². The fourth-order valence-electron chi connectivity index (χ4n) is 2.37. The molecule has 0 saturated carbocycles. The molecule has 4 aromatic rings. The van der Waals surface area contributed by atoms with Crippen LogP contribution in [0.15, 0.2) is 64.1 Å². The van der Waals surface area contributed by atoms with E-state index < -0.39 is 0 Å². The van der Waals surface area contributed by atoms with Crippen molar-refractivity contribution < 1.29 is 8.83 Å². The van der Waals surface area contributed by atoms with Crippen LogP contribution in [0.3, 0.4) is 0 Å². The van der Waals surface area contributed by atoms with Gasteiger partial charge in [0.15, 0.2) is 5.13 Å². The van der Waals surface area contributed by atoms with E-state index in [2.05, 4.69) is 15.3 Å². The molecule has 0 radical (unpaired) electrons. The number of nitrogens with zero attached hydrogens (tertiary/aromatic N) is 2. The summed E-state index contributed by atoms with van der Waals surface area (Å²) < 4.78 is 12.2. The van der Waals surface area contributed by atoms with Gasteiger partial charge in [0.1, 0.15) is 17.0 Å². The zero-order valence-electron chi connectivity index (χ0n) is 11.6. The van der Waals surface area contributed by atoms with E-state index in [1.807, 2.05) is 30.3 Å². The van der Waals surface area contributed by atoms with Gasteiger partial charge in [0.25, 0.3) is 0 Å². The number of hydrogen-bond donors (Lipinski definition) is 1. The van der Waals surface area contributed by atoms with Gasteiger partial charge in [-0.25, -0.2) is 4.98 Å². The van der Waals surface area contributed by atoms with Crippen molar-refractivity contribution in [1.29, 1.82) is 0 Å². The van der Waals surface area contributed by atoms with Crippen LogP contribution < -0.4 is 5.32 Å². The average Bonchev–Trinajstić information content (AvgIpc) is 3.29. The van der Waals surface area contributed by atoms with Crippen LogP contribution in [0.4, 0.5) is 5.13 Å².